The molecule has 1 amide bonds. The van der Waals surface area contributed by atoms with E-state index in [0.29, 0.717) is 12.4 Å². The zero-order valence-electron chi connectivity index (χ0n) is 15.1. The molecule has 0 atom stereocenters. The maximum atomic E-state index is 13.7. The summed E-state index contributed by atoms with van der Waals surface area (Å²) in [5.74, 6) is -0.483. The third kappa shape index (κ3) is 4.50. The molecule has 0 fully saturated rings. The zero-order valence-corrected chi connectivity index (χ0v) is 15.1. The molecule has 138 valence electrons. The molecule has 27 heavy (non-hydrogen) atoms. The number of carbonyl (C=O) groups is 1. The second kappa shape index (κ2) is 8.94. The summed E-state index contributed by atoms with van der Waals surface area (Å²) in [6, 6.07) is 17.6. The molecular formula is C22H21FN2O2. The predicted molar refractivity (Wildman–Crippen MR) is 106 cm³/mol. The minimum absolute atomic E-state index is 0.0491. The molecule has 0 saturated carbocycles. The van der Waals surface area contributed by atoms with Crippen molar-refractivity contribution < 1.29 is 13.9 Å². The Morgan fingerprint density at radius 1 is 1.11 bits per heavy atom. The second-order valence-electron chi connectivity index (χ2n) is 6.08. The standard InChI is InChI=1S/C22H21FN2O2/c1-2-3-14-27-21-13-12-16-8-4-5-9-17(16)19(21)15-24-25-22(26)18-10-6-7-11-20(18)23/h4-13,15H,2-3,14H2,1H3,(H,25,26)/b24-15-. The highest BCUT2D eigenvalue weighted by Gasteiger charge is 2.10. The summed E-state index contributed by atoms with van der Waals surface area (Å²) in [5.41, 5.74) is 3.11. The molecular weight excluding hydrogens is 343 g/mol. The number of hydrogen-bond donors (Lipinski definition) is 1. The fourth-order valence-electron chi connectivity index (χ4n) is 2.72. The molecule has 0 aliphatic carbocycles. The largest absolute Gasteiger partial charge is 0.493 e. The predicted octanol–water partition coefficient (Wildman–Crippen LogP) is 4.92. The van der Waals surface area contributed by atoms with Gasteiger partial charge in [0.2, 0.25) is 0 Å². The molecule has 4 nitrogen and oxygen atoms in total. The Kier molecular flexibility index (Phi) is 6.15. The van der Waals surface area contributed by atoms with Crippen molar-refractivity contribution in [2.45, 2.75) is 19.8 Å². The molecule has 0 bridgehead atoms. The SMILES string of the molecule is CCCCOc1ccc2ccccc2c1/C=N\NC(=O)c1ccccc1F. The quantitative estimate of drug-likeness (QED) is 0.367. The highest BCUT2D eigenvalue weighted by Crippen LogP contribution is 2.27. The van der Waals surface area contributed by atoms with Crippen LogP contribution in [0.3, 0.4) is 0 Å². The van der Waals surface area contributed by atoms with Crippen LogP contribution in [0.5, 0.6) is 5.75 Å². The van der Waals surface area contributed by atoms with Crippen LogP contribution in [0.25, 0.3) is 10.8 Å². The van der Waals surface area contributed by atoms with Gasteiger partial charge in [0.25, 0.3) is 5.91 Å². The number of benzene rings is 3. The first kappa shape index (κ1) is 18.6. The van der Waals surface area contributed by atoms with Gasteiger partial charge in [-0.1, -0.05) is 55.8 Å². The van der Waals surface area contributed by atoms with E-state index < -0.39 is 11.7 Å². The van der Waals surface area contributed by atoms with Crippen LogP contribution >= 0.6 is 0 Å². The number of nitrogens with one attached hydrogen (secondary N) is 1. The van der Waals surface area contributed by atoms with Crippen molar-refractivity contribution in [2.75, 3.05) is 6.61 Å². The smallest absolute Gasteiger partial charge is 0.274 e. The monoisotopic (exact) mass is 364 g/mol. The fourth-order valence-corrected chi connectivity index (χ4v) is 2.72. The number of halogens is 1. The van der Waals surface area contributed by atoms with E-state index in [1.165, 1.54) is 18.2 Å². The number of rotatable bonds is 7. The summed E-state index contributed by atoms with van der Waals surface area (Å²) in [4.78, 5) is 12.1. The van der Waals surface area contributed by atoms with Gasteiger partial charge in [-0.05, 0) is 35.4 Å². The van der Waals surface area contributed by atoms with E-state index in [1.807, 2.05) is 36.4 Å². The summed E-state index contributed by atoms with van der Waals surface area (Å²) < 4.78 is 19.6. The molecule has 0 aliphatic heterocycles. The lowest BCUT2D eigenvalue weighted by Gasteiger charge is -2.11. The lowest BCUT2D eigenvalue weighted by molar-refractivity contribution is 0.0951. The van der Waals surface area contributed by atoms with Crippen LogP contribution in [0, 0.1) is 5.82 Å². The maximum Gasteiger partial charge on any atom is 0.274 e. The zero-order chi connectivity index (χ0) is 19.1. The van der Waals surface area contributed by atoms with Gasteiger partial charge in [0, 0.05) is 5.56 Å². The van der Waals surface area contributed by atoms with Crippen LogP contribution in [0.2, 0.25) is 0 Å². The molecule has 0 radical (unpaired) electrons. The third-order valence-electron chi connectivity index (χ3n) is 4.16. The Hall–Kier alpha value is -3.21. The lowest BCUT2D eigenvalue weighted by atomic mass is 10.0. The highest BCUT2D eigenvalue weighted by atomic mass is 19.1. The van der Waals surface area contributed by atoms with E-state index in [1.54, 1.807) is 12.3 Å². The van der Waals surface area contributed by atoms with Gasteiger partial charge in [-0.15, -0.1) is 0 Å². The van der Waals surface area contributed by atoms with Crippen molar-refractivity contribution in [3.05, 3.63) is 77.6 Å². The number of ether oxygens (including phenoxy) is 1. The van der Waals surface area contributed by atoms with Gasteiger partial charge in [-0.3, -0.25) is 4.79 Å². The average molecular weight is 364 g/mol. The van der Waals surface area contributed by atoms with Gasteiger partial charge < -0.3 is 4.74 Å². The highest BCUT2D eigenvalue weighted by molar-refractivity contribution is 6.03. The molecule has 3 aromatic rings. The molecule has 5 heteroatoms. The average Bonchev–Trinajstić information content (AvgIpc) is 2.69. The minimum atomic E-state index is -0.599. The molecule has 0 spiro atoms. The molecule has 3 rings (SSSR count). The van der Waals surface area contributed by atoms with Crippen LogP contribution in [-0.4, -0.2) is 18.7 Å². The number of amides is 1. The van der Waals surface area contributed by atoms with Crippen molar-refractivity contribution in [1.82, 2.24) is 5.43 Å². The van der Waals surface area contributed by atoms with Gasteiger partial charge in [0.1, 0.15) is 11.6 Å². The van der Waals surface area contributed by atoms with E-state index in [2.05, 4.69) is 17.5 Å². The first-order valence-corrected chi connectivity index (χ1v) is 8.93. The molecule has 3 aromatic carbocycles. The summed E-state index contributed by atoms with van der Waals surface area (Å²) in [5, 5.41) is 6.04. The van der Waals surface area contributed by atoms with Crippen LogP contribution in [0.1, 0.15) is 35.7 Å². The van der Waals surface area contributed by atoms with Crippen LogP contribution < -0.4 is 10.2 Å². The fraction of sp³-hybridized carbons (Fsp3) is 0.182. The Morgan fingerprint density at radius 3 is 2.70 bits per heavy atom. The topological polar surface area (TPSA) is 50.7 Å². The summed E-state index contributed by atoms with van der Waals surface area (Å²) in [7, 11) is 0. The van der Waals surface area contributed by atoms with Gasteiger partial charge in [-0.25, -0.2) is 9.82 Å². The third-order valence-corrected chi connectivity index (χ3v) is 4.16. The van der Waals surface area contributed by atoms with Crippen LogP contribution in [0.4, 0.5) is 4.39 Å². The van der Waals surface area contributed by atoms with Crippen molar-refractivity contribution >= 4 is 22.9 Å². The molecule has 1 N–H and O–H groups in total. The number of carbonyl (C=O) groups excluding carboxylic acids is 1. The Morgan fingerprint density at radius 2 is 1.89 bits per heavy atom. The maximum absolute atomic E-state index is 13.7. The second-order valence-corrected chi connectivity index (χ2v) is 6.08. The molecule has 0 aromatic heterocycles. The Balaban J connectivity index is 1.85. The number of hydrogen-bond acceptors (Lipinski definition) is 3. The van der Waals surface area contributed by atoms with E-state index in [-0.39, 0.29) is 5.56 Å². The van der Waals surface area contributed by atoms with Gasteiger partial charge >= 0.3 is 0 Å². The van der Waals surface area contributed by atoms with Gasteiger partial charge in [-0.2, -0.15) is 5.10 Å². The van der Waals surface area contributed by atoms with Crippen LogP contribution in [-0.2, 0) is 0 Å². The van der Waals surface area contributed by atoms with E-state index >= 15 is 0 Å². The number of unbranched alkanes of at least 4 members (excludes halogenated alkanes) is 1. The van der Waals surface area contributed by atoms with Gasteiger partial charge in [0.05, 0.1) is 18.4 Å². The lowest BCUT2D eigenvalue weighted by Crippen LogP contribution is -2.19. The first-order valence-electron chi connectivity index (χ1n) is 8.93. The van der Waals surface area contributed by atoms with Crippen LogP contribution in [0.15, 0.2) is 65.8 Å². The first-order chi connectivity index (χ1) is 13.2. The molecule has 0 heterocycles. The summed E-state index contributed by atoms with van der Waals surface area (Å²) in [6.07, 6.45) is 3.53. The minimum Gasteiger partial charge on any atom is -0.493 e. The van der Waals surface area contributed by atoms with E-state index in [9.17, 15) is 9.18 Å². The van der Waals surface area contributed by atoms with E-state index in [4.69, 9.17) is 4.74 Å². The molecule has 0 saturated heterocycles. The number of hydrazone groups is 1. The van der Waals surface area contributed by atoms with Gasteiger partial charge in [0.15, 0.2) is 0 Å². The molecule has 0 unspecified atom stereocenters. The summed E-state index contributed by atoms with van der Waals surface area (Å²) in [6.45, 7) is 2.71. The summed E-state index contributed by atoms with van der Waals surface area (Å²) >= 11 is 0. The van der Waals surface area contributed by atoms with Crippen molar-refractivity contribution in [2.24, 2.45) is 5.10 Å². The molecule has 0 aliphatic rings. The van der Waals surface area contributed by atoms with Crippen molar-refractivity contribution in [3.63, 3.8) is 0 Å². The Bertz CT molecular complexity index is 969. The van der Waals surface area contributed by atoms with Crippen molar-refractivity contribution in [1.29, 1.82) is 0 Å². The Labute approximate surface area is 157 Å². The normalized spacial score (nSPS) is 11.0. The van der Waals surface area contributed by atoms with E-state index in [0.717, 1.165) is 29.2 Å². The number of nitrogens with zero attached hydrogens (tertiary/aromatic N) is 1. The number of fused-ring (bicyclic) bond motifs is 1. The van der Waals surface area contributed by atoms with Crippen molar-refractivity contribution in [3.8, 4) is 5.75 Å².